The Kier molecular flexibility index (Phi) is 2.84. The fourth-order valence-electron chi connectivity index (χ4n) is 2.00. The molecule has 92 valence electrons. The molecule has 7 nitrogen and oxygen atoms in total. The molecule has 17 heavy (non-hydrogen) atoms. The summed E-state index contributed by atoms with van der Waals surface area (Å²) in [5, 5.41) is 9.56. The first-order chi connectivity index (χ1) is 8.02. The number of fused-ring (bicyclic) bond motifs is 1. The van der Waals surface area contributed by atoms with Gasteiger partial charge in [-0.1, -0.05) is 0 Å². The van der Waals surface area contributed by atoms with Crippen molar-refractivity contribution in [2.75, 3.05) is 0 Å². The van der Waals surface area contributed by atoms with Gasteiger partial charge in [-0.2, -0.15) is 0 Å². The van der Waals surface area contributed by atoms with Crippen molar-refractivity contribution in [2.45, 2.75) is 31.8 Å². The Labute approximate surface area is 97.1 Å². The topological polar surface area (TPSA) is 124 Å². The Morgan fingerprint density at radius 3 is 2.82 bits per heavy atom. The number of hydrogen-bond donors (Lipinski definition) is 3. The summed E-state index contributed by atoms with van der Waals surface area (Å²) in [6.45, 7) is 0.446. The molecule has 5 N–H and O–H groups in total. The zero-order valence-electron chi connectivity index (χ0n) is 9.22. The average molecular weight is 238 g/mol. The maximum atomic E-state index is 11.8. The molecule has 0 spiro atoms. The highest BCUT2D eigenvalue weighted by Crippen LogP contribution is 2.21. The van der Waals surface area contributed by atoms with Crippen LogP contribution in [-0.2, 0) is 6.54 Å². The number of rotatable bonds is 1. The van der Waals surface area contributed by atoms with Gasteiger partial charge in [0.05, 0.1) is 6.04 Å². The normalized spacial score (nSPS) is 19.5. The number of nitrogens with two attached hydrogens (primary N) is 2. The fourth-order valence-corrected chi connectivity index (χ4v) is 2.00. The third kappa shape index (κ3) is 1.89. The van der Waals surface area contributed by atoms with Crippen molar-refractivity contribution < 1.29 is 9.90 Å². The van der Waals surface area contributed by atoms with E-state index in [2.05, 4.69) is 4.98 Å². The molecule has 0 saturated carbocycles. The highest BCUT2D eigenvalue weighted by Gasteiger charge is 2.24. The van der Waals surface area contributed by atoms with E-state index in [4.69, 9.17) is 11.5 Å². The van der Waals surface area contributed by atoms with Gasteiger partial charge in [-0.25, -0.2) is 4.98 Å². The summed E-state index contributed by atoms with van der Waals surface area (Å²) < 4.78 is 1.32. The molecule has 0 unspecified atom stereocenters. The predicted octanol–water partition coefficient (Wildman–Crippen LogP) is -0.769. The lowest BCUT2D eigenvalue weighted by atomic mass is 10.1. The van der Waals surface area contributed by atoms with Gasteiger partial charge in [-0.3, -0.25) is 14.2 Å². The molecule has 0 aliphatic carbocycles. The summed E-state index contributed by atoms with van der Waals surface area (Å²) >= 11 is 0. The van der Waals surface area contributed by atoms with E-state index in [1.807, 2.05) is 0 Å². The summed E-state index contributed by atoms with van der Waals surface area (Å²) in [6.07, 6.45) is 2.35. The van der Waals surface area contributed by atoms with Crippen LogP contribution >= 0.6 is 0 Å². The van der Waals surface area contributed by atoms with E-state index < -0.39 is 29.0 Å². The molecule has 1 amide bonds. The van der Waals surface area contributed by atoms with Gasteiger partial charge in [0.15, 0.2) is 5.69 Å². The molecule has 1 aliphatic heterocycles. The largest absolute Gasteiger partial charge is 0.501 e. The molecule has 1 atom stereocenters. The van der Waals surface area contributed by atoms with Crippen molar-refractivity contribution in [3.8, 4) is 5.75 Å². The summed E-state index contributed by atoms with van der Waals surface area (Å²) in [4.78, 5) is 26.8. The maximum Gasteiger partial charge on any atom is 0.296 e. The number of aromatic hydroxyl groups is 1. The van der Waals surface area contributed by atoms with Gasteiger partial charge in [-0.05, 0) is 19.3 Å². The van der Waals surface area contributed by atoms with Crippen molar-refractivity contribution >= 4 is 5.91 Å². The highest BCUT2D eigenvalue weighted by molar-refractivity contribution is 5.93. The number of nitrogens with zero attached hydrogens (tertiary/aromatic N) is 2. The van der Waals surface area contributed by atoms with Crippen LogP contribution in [0, 0.1) is 0 Å². The van der Waals surface area contributed by atoms with Crippen LogP contribution in [0.15, 0.2) is 4.79 Å². The summed E-state index contributed by atoms with van der Waals surface area (Å²) in [5.74, 6) is -1.31. The van der Waals surface area contributed by atoms with Crippen LogP contribution in [0.1, 0.15) is 41.6 Å². The van der Waals surface area contributed by atoms with Gasteiger partial charge >= 0.3 is 0 Å². The van der Waals surface area contributed by atoms with Crippen molar-refractivity contribution in [1.82, 2.24) is 9.55 Å². The minimum atomic E-state index is -0.931. The first-order valence-corrected chi connectivity index (χ1v) is 5.41. The molecule has 0 saturated heterocycles. The van der Waals surface area contributed by atoms with E-state index in [0.717, 1.165) is 12.8 Å². The monoisotopic (exact) mass is 238 g/mol. The van der Waals surface area contributed by atoms with Crippen LogP contribution in [0.5, 0.6) is 5.75 Å². The van der Waals surface area contributed by atoms with E-state index in [1.54, 1.807) is 0 Å². The van der Waals surface area contributed by atoms with Crippen LogP contribution in [0.2, 0.25) is 0 Å². The van der Waals surface area contributed by atoms with Gasteiger partial charge in [0, 0.05) is 6.54 Å². The Morgan fingerprint density at radius 1 is 1.47 bits per heavy atom. The van der Waals surface area contributed by atoms with Crippen LogP contribution in [0.4, 0.5) is 0 Å². The van der Waals surface area contributed by atoms with Gasteiger partial charge in [0.1, 0.15) is 5.82 Å². The molecule has 1 aliphatic rings. The number of aromatic nitrogens is 2. The van der Waals surface area contributed by atoms with Gasteiger partial charge in [-0.15, -0.1) is 0 Å². The molecule has 0 radical (unpaired) electrons. The number of hydrogen-bond acceptors (Lipinski definition) is 5. The van der Waals surface area contributed by atoms with Crippen molar-refractivity contribution in [1.29, 1.82) is 0 Å². The second kappa shape index (κ2) is 4.17. The maximum absolute atomic E-state index is 11.8. The first-order valence-electron chi connectivity index (χ1n) is 5.41. The molecule has 7 heteroatoms. The van der Waals surface area contributed by atoms with Crippen LogP contribution in [0.25, 0.3) is 0 Å². The fraction of sp³-hybridized carbons (Fsp3) is 0.500. The minimum Gasteiger partial charge on any atom is -0.501 e. The summed E-state index contributed by atoms with van der Waals surface area (Å²) in [6, 6.07) is -0.413. The van der Waals surface area contributed by atoms with Crippen molar-refractivity contribution in [3.63, 3.8) is 0 Å². The molecule has 2 rings (SSSR count). The van der Waals surface area contributed by atoms with Crippen LogP contribution in [-0.4, -0.2) is 20.6 Å². The molecule has 2 heterocycles. The number of carbonyl (C=O) groups excluding carboxylic acids is 1. The third-order valence-corrected chi connectivity index (χ3v) is 2.89. The zero-order chi connectivity index (χ0) is 12.6. The molecule has 0 bridgehead atoms. The van der Waals surface area contributed by atoms with E-state index in [9.17, 15) is 14.7 Å². The van der Waals surface area contributed by atoms with E-state index in [-0.39, 0.29) is 0 Å². The summed E-state index contributed by atoms with van der Waals surface area (Å²) in [5.41, 5.74) is 9.87. The quantitative estimate of drug-likeness (QED) is 0.592. The standard InChI is InChI=1S/C10H14N4O3/c11-5-3-1-2-4-14-9(5)13-6(8(12)16)7(15)10(14)17/h5,15H,1-4,11H2,(H2,12,16)/t5-/m0/s1. The second-order valence-electron chi connectivity index (χ2n) is 4.09. The lowest BCUT2D eigenvalue weighted by Gasteiger charge is -2.14. The molecular weight excluding hydrogens is 224 g/mol. The number of primary amides is 1. The Morgan fingerprint density at radius 2 is 2.18 bits per heavy atom. The first kappa shape index (κ1) is 11.6. The van der Waals surface area contributed by atoms with Gasteiger partial charge < -0.3 is 16.6 Å². The van der Waals surface area contributed by atoms with E-state index in [0.29, 0.717) is 18.8 Å². The number of carbonyl (C=O) groups is 1. The molecule has 1 aromatic heterocycles. The lowest BCUT2D eigenvalue weighted by Crippen LogP contribution is -2.31. The molecular formula is C10H14N4O3. The Balaban J connectivity index is 2.70. The SMILES string of the molecule is NC(=O)c1nc2n(c(=O)c1O)CCCC[C@@H]2N. The third-order valence-electron chi connectivity index (χ3n) is 2.89. The highest BCUT2D eigenvalue weighted by atomic mass is 16.3. The average Bonchev–Trinajstić information content (AvgIpc) is 2.46. The minimum absolute atomic E-state index is 0.319. The van der Waals surface area contributed by atoms with Gasteiger partial charge in [0.2, 0.25) is 5.75 Å². The smallest absolute Gasteiger partial charge is 0.296 e. The van der Waals surface area contributed by atoms with E-state index >= 15 is 0 Å². The molecule has 0 fully saturated rings. The van der Waals surface area contributed by atoms with Gasteiger partial charge in [0.25, 0.3) is 11.5 Å². The number of amides is 1. The van der Waals surface area contributed by atoms with Crippen molar-refractivity contribution in [2.24, 2.45) is 11.5 Å². The molecule has 1 aromatic rings. The Bertz CT molecular complexity index is 523. The van der Waals surface area contributed by atoms with E-state index in [1.165, 1.54) is 4.57 Å². The Hall–Kier alpha value is -1.89. The van der Waals surface area contributed by atoms with Crippen molar-refractivity contribution in [3.05, 3.63) is 21.9 Å². The molecule has 0 aromatic carbocycles. The zero-order valence-corrected chi connectivity index (χ0v) is 9.22. The predicted molar refractivity (Wildman–Crippen MR) is 59.5 cm³/mol. The van der Waals surface area contributed by atoms with Crippen LogP contribution in [0.3, 0.4) is 0 Å². The lowest BCUT2D eigenvalue weighted by molar-refractivity contribution is 0.0991. The summed E-state index contributed by atoms with van der Waals surface area (Å²) in [7, 11) is 0. The van der Waals surface area contributed by atoms with Crippen LogP contribution < -0.4 is 17.0 Å². The second-order valence-corrected chi connectivity index (χ2v) is 4.09.